The topological polar surface area (TPSA) is 113 Å². The molecule has 3 rings (SSSR count). The average Bonchev–Trinajstić information content (AvgIpc) is 2.95. The standard InChI is InChI=1S/C14H12ClN3O4S3/c15-12-8-17-14-11(12)2-1-3-13(14)18(23)25(21,22)10-6-4-9(5-7-10)24(16,19)20/h1-8,17,23H,(H2,16,19,20). The zero-order valence-electron chi connectivity index (χ0n) is 12.4. The quantitative estimate of drug-likeness (QED) is 0.566. The molecule has 25 heavy (non-hydrogen) atoms. The number of para-hydroxylation sites is 1. The number of nitrogens with one attached hydrogen (secondary N) is 1. The fourth-order valence-corrected chi connectivity index (χ4v) is 4.56. The second kappa shape index (κ2) is 6.22. The Hall–Kier alpha value is -1.72. The van der Waals surface area contributed by atoms with E-state index in [9.17, 15) is 16.8 Å². The van der Waals surface area contributed by atoms with E-state index in [1.54, 1.807) is 24.4 Å². The van der Waals surface area contributed by atoms with Gasteiger partial charge in [-0.1, -0.05) is 23.7 Å². The molecular formula is C14H12ClN3O4S3. The first-order valence-corrected chi connectivity index (χ1v) is 10.5. The summed E-state index contributed by atoms with van der Waals surface area (Å²) in [5.74, 6) is 0. The number of hydrogen-bond donors (Lipinski definition) is 3. The number of anilines is 1. The number of rotatable bonds is 4. The van der Waals surface area contributed by atoms with Gasteiger partial charge in [-0.25, -0.2) is 25.7 Å². The zero-order chi connectivity index (χ0) is 18.4. The molecule has 0 fully saturated rings. The molecule has 0 saturated carbocycles. The van der Waals surface area contributed by atoms with Crippen LogP contribution in [0.5, 0.6) is 0 Å². The van der Waals surface area contributed by atoms with Crippen LogP contribution in [-0.4, -0.2) is 21.8 Å². The number of fused-ring (bicyclic) bond motifs is 1. The summed E-state index contributed by atoms with van der Waals surface area (Å²) in [5, 5.41) is 6.12. The zero-order valence-corrected chi connectivity index (χ0v) is 15.7. The second-order valence-electron chi connectivity index (χ2n) is 5.10. The van der Waals surface area contributed by atoms with Crippen LogP contribution < -0.4 is 8.85 Å². The number of thiol groups is 1. The van der Waals surface area contributed by atoms with Crippen LogP contribution in [0.15, 0.2) is 58.5 Å². The third kappa shape index (κ3) is 3.23. The maximum absolute atomic E-state index is 12.8. The highest BCUT2D eigenvalue weighted by molar-refractivity contribution is 8.06. The Morgan fingerprint density at radius 2 is 1.60 bits per heavy atom. The summed E-state index contributed by atoms with van der Waals surface area (Å²) in [4.78, 5) is 2.59. The van der Waals surface area contributed by atoms with E-state index in [-0.39, 0.29) is 15.5 Å². The Kier molecular flexibility index (Phi) is 4.50. The molecule has 0 bridgehead atoms. The first-order valence-electron chi connectivity index (χ1n) is 6.75. The van der Waals surface area contributed by atoms with E-state index in [2.05, 4.69) is 17.8 Å². The lowest BCUT2D eigenvalue weighted by Gasteiger charge is -2.18. The van der Waals surface area contributed by atoms with Gasteiger partial charge in [-0.3, -0.25) is 0 Å². The normalized spacial score (nSPS) is 12.4. The number of halogens is 1. The monoisotopic (exact) mass is 417 g/mol. The molecule has 0 amide bonds. The van der Waals surface area contributed by atoms with Gasteiger partial charge in [0.05, 0.1) is 26.0 Å². The minimum absolute atomic E-state index is 0.135. The van der Waals surface area contributed by atoms with Crippen LogP contribution in [0.25, 0.3) is 10.9 Å². The van der Waals surface area contributed by atoms with Crippen molar-refractivity contribution in [2.75, 3.05) is 3.71 Å². The van der Waals surface area contributed by atoms with Crippen molar-refractivity contribution in [2.24, 2.45) is 5.14 Å². The summed E-state index contributed by atoms with van der Waals surface area (Å²) in [7, 11) is -7.95. The Morgan fingerprint density at radius 3 is 2.20 bits per heavy atom. The van der Waals surface area contributed by atoms with Gasteiger partial charge in [0.2, 0.25) is 10.0 Å². The van der Waals surface area contributed by atoms with Crippen molar-refractivity contribution in [3.8, 4) is 0 Å². The first kappa shape index (κ1) is 18.1. The number of hydrogen-bond acceptors (Lipinski definition) is 5. The van der Waals surface area contributed by atoms with Crippen molar-refractivity contribution in [3.05, 3.63) is 53.7 Å². The van der Waals surface area contributed by atoms with Crippen molar-refractivity contribution in [1.82, 2.24) is 4.98 Å². The molecule has 0 aliphatic rings. The van der Waals surface area contributed by atoms with Gasteiger partial charge in [0.1, 0.15) is 0 Å². The molecule has 3 N–H and O–H groups in total. The number of benzene rings is 2. The molecule has 132 valence electrons. The molecule has 1 aromatic heterocycles. The van der Waals surface area contributed by atoms with Gasteiger partial charge >= 0.3 is 0 Å². The van der Waals surface area contributed by atoms with Crippen molar-refractivity contribution in [2.45, 2.75) is 9.79 Å². The van der Waals surface area contributed by atoms with E-state index in [1.807, 2.05) is 0 Å². The van der Waals surface area contributed by atoms with Crippen LogP contribution in [-0.2, 0) is 20.0 Å². The van der Waals surface area contributed by atoms with Crippen LogP contribution in [0.3, 0.4) is 0 Å². The number of nitrogens with two attached hydrogens (primary N) is 1. The van der Waals surface area contributed by atoms with Gasteiger partial charge in [-0.2, -0.15) is 0 Å². The fourth-order valence-electron chi connectivity index (χ4n) is 2.29. The van der Waals surface area contributed by atoms with Crippen LogP contribution in [0.1, 0.15) is 0 Å². The summed E-state index contributed by atoms with van der Waals surface area (Å²) >= 11 is 10.2. The third-order valence-electron chi connectivity index (χ3n) is 3.53. The summed E-state index contributed by atoms with van der Waals surface area (Å²) < 4.78 is 48.9. The van der Waals surface area contributed by atoms with Crippen LogP contribution in [0.2, 0.25) is 5.02 Å². The molecule has 7 nitrogen and oxygen atoms in total. The molecule has 0 saturated heterocycles. The number of H-pyrrole nitrogens is 1. The van der Waals surface area contributed by atoms with Crippen LogP contribution in [0, 0.1) is 0 Å². The van der Waals surface area contributed by atoms with E-state index in [0.717, 1.165) is 28.0 Å². The van der Waals surface area contributed by atoms with E-state index in [4.69, 9.17) is 16.7 Å². The Bertz CT molecular complexity index is 1160. The number of aromatic nitrogens is 1. The van der Waals surface area contributed by atoms with E-state index >= 15 is 0 Å². The van der Waals surface area contributed by atoms with Gasteiger partial charge < -0.3 is 4.98 Å². The fraction of sp³-hybridized carbons (Fsp3) is 0. The molecule has 0 spiro atoms. The lowest BCUT2D eigenvalue weighted by atomic mass is 10.2. The summed E-state index contributed by atoms with van der Waals surface area (Å²) in [5.41, 5.74) is 0.787. The first-order chi connectivity index (χ1) is 11.6. The molecule has 3 aromatic rings. The van der Waals surface area contributed by atoms with Crippen LogP contribution in [0.4, 0.5) is 5.69 Å². The Balaban J connectivity index is 2.07. The summed E-state index contributed by atoms with van der Waals surface area (Å²) in [6.45, 7) is 0. The SMILES string of the molecule is NS(=O)(=O)c1ccc(S(=O)(=O)N(S)c2cccc3c(Cl)c[nH]c23)cc1. The Labute approximate surface area is 155 Å². The summed E-state index contributed by atoms with van der Waals surface area (Å²) in [6, 6.07) is 9.51. The van der Waals surface area contributed by atoms with Crippen molar-refractivity contribution in [1.29, 1.82) is 0 Å². The lowest BCUT2D eigenvalue weighted by molar-refractivity contribution is 0.594. The maximum atomic E-state index is 12.8. The van der Waals surface area contributed by atoms with Crippen molar-refractivity contribution in [3.63, 3.8) is 0 Å². The largest absolute Gasteiger partial charge is 0.358 e. The molecule has 0 aliphatic carbocycles. The average molecular weight is 418 g/mol. The highest BCUT2D eigenvalue weighted by Crippen LogP contribution is 2.34. The van der Waals surface area contributed by atoms with Gasteiger partial charge in [-0.15, -0.1) is 0 Å². The van der Waals surface area contributed by atoms with Crippen molar-refractivity contribution >= 4 is 61.1 Å². The molecule has 0 radical (unpaired) electrons. The number of nitrogens with zero attached hydrogens (tertiary/aromatic N) is 1. The highest BCUT2D eigenvalue weighted by Gasteiger charge is 2.25. The number of aromatic amines is 1. The van der Waals surface area contributed by atoms with Gasteiger partial charge in [0.25, 0.3) is 10.0 Å². The minimum atomic E-state index is -4.04. The van der Waals surface area contributed by atoms with Crippen molar-refractivity contribution < 1.29 is 16.8 Å². The molecule has 0 unspecified atom stereocenters. The van der Waals surface area contributed by atoms with Crippen LogP contribution >= 0.6 is 24.4 Å². The molecule has 0 aliphatic heterocycles. The second-order valence-corrected chi connectivity index (χ2v) is 9.53. The summed E-state index contributed by atoms with van der Waals surface area (Å²) in [6.07, 6.45) is 1.55. The van der Waals surface area contributed by atoms with E-state index in [1.165, 1.54) is 0 Å². The molecular weight excluding hydrogens is 406 g/mol. The minimum Gasteiger partial charge on any atom is -0.358 e. The molecule has 1 heterocycles. The number of sulfonamides is 2. The van der Waals surface area contributed by atoms with E-state index in [0.29, 0.717) is 15.9 Å². The third-order valence-corrected chi connectivity index (χ3v) is 7.15. The Morgan fingerprint density at radius 1 is 1.00 bits per heavy atom. The smallest absolute Gasteiger partial charge is 0.273 e. The number of primary sulfonamides is 1. The van der Waals surface area contributed by atoms with E-state index < -0.39 is 20.0 Å². The molecule has 0 atom stereocenters. The predicted molar refractivity (Wildman–Crippen MR) is 99.8 cm³/mol. The van der Waals surface area contributed by atoms with Gasteiger partial charge in [-0.05, 0) is 43.1 Å². The predicted octanol–water partition coefficient (Wildman–Crippen LogP) is 2.51. The molecule has 11 heteroatoms. The molecule has 2 aromatic carbocycles. The highest BCUT2D eigenvalue weighted by atomic mass is 35.5. The van der Waals surface area contributed by atoms with Gasteiger partial charge in [0, 0.05) is 11.6 Å². The lowest BCUT2D eigenvalue weighted by Crippen LogP contribution is -2.22. The van der Waals surface area contributed by atoms with Gasteiger partial charge in [0.15, 0.2) is 0 Å². The maximum Gasteiger partial charge on any atom is 0.273 e.